The minimum absolute atomic E-state index is 0.168. The Kier molecular flexibility index (Phi) is 2.65. The van der Waals surface area contributed by atoms with E-state index in [-0.39, 0.29) is 17.2 Å². The maximum Gasteiger partial charge on any atom is 0.410 e. The first kappa shape index (κ1) is 11.7. The van der Waals surface area contributed by atoms with Crippen molar-refractivity contribution in [3.63, 3.8) is 0 Å². The van der Waals surface area contributed by atoms with Crippen LogP contribution in [0.25, 0.3) is 0 Å². The molecular formula is C12H22N2O2. The van der Waals surface area contributed by atoms with Crippen molar-refractivity contribution in [2.24, 2.45) is 0 Å². The number of nitrogens with zero attached hydrogens (tertiary/aromatic N) is 2. The molecule has 2 fully saturated rings. The molecule has 92 valence electrons. The molecule has 0 aliphatic carbocycles. The second-order valence-corrected chi connectivity index (χ2v) is 6.09. The molecular weight excluding hydrogens is 204 g/mol. The molecule has 1 spiro atoms. The predicted molar refractivity (Wildman–Crippen MR) is 62.4 cm³/mol. The molecule has 0 N–H and O–H groups in total. The number of ether oxygens (including phenoxy) is 1. The third kappa shape index (κ3) is 2.03. The number of hydrogen-bond donors (Lipinski definition) is 0. The van der Waals surface area contributed by atoms with Crippen molar-refractivity contribution in [2.75, 3.05) is 26.7 Å². The summed E-state index contributed by atoms with van der Waals surface area (Å²) in [5.74, 6) is 0. The zero-order valence-corrected chi connectivity index (χ0v) is 10.7. The summed E-state index contributed by atoms with van der Waals surface area (Å²) in [4.78, 5) is 16.0. The van der Waals surface area contributed by atoms with E-state index < -0.39 is 0 Å². The van der Waals surface area contributed by atoms with E-state index >= 15 is 0 Å². The van der Waals surface area contributed by atoms with Crippen LogP contribution in [0.15, 0.2) is 0 Å². The first-order chi connectivity index (χ1) is 7.32. The van der Waals surface area contributed by atoms with Crippen LogP contribution in [0, 0.1) is 0 Å². The molecule has 0 aromatic carbocycles. The highest BCUT2D eigenvalue weighted by molar-refractivity contribution is 5.69. The van der Waals surface area contributed by atoms with E-state index in [1.54, 1.807) is 0 Å². The lowest BCUT2D eigenvalue weighted by molar-refractivity contribution is -0.0409. The Morgan fingerprint density at radius 1 is 1.31 bits per heavy atom. The van der Waals surface area contributed by atoms with Crippen LogP contribution in [-0.2, 0) is 4.74 Å². The SMILES string of the molecule is CN1CCCC12CN(C(=O)OC(C)(C)C)C2. The van der Waals surface area contributed by atoms with Gasteiger partial charge in [-0.15, -0.1) is 0 Å². The second kappa shape index (κ2) is 3.62. The molecule has 0 aromatic heterocycles. The van der Waals surface area contributed by atoms with Gasteiger partial charge in [0, 0.05) is 13.1 Å². The summed E-state index contributed by atoms with van der Waals surface area (Å²) in [7, 11) is 2.15. The van der Waals surface area contributed by atoms with Crippen molar-refractivity contribution in [1.29, 1.82) is 0 Å². The van der Waals surface area contributed by atoms with Crippen molar-refractivity contribution in [3.05, 3.63) is 0 Å². The Balaban J connectivity index is 1.86. The fourth-order valence-electron chi connectivity index (χ4n) is 2.59. The summed E-state index contributed by atoms with van der Waals surface area (Å²) in [6.07, 6.45) is 2.29. The largest absolute Gasteiger partial charge is 0.444 e. The van der Waals surface area contributed by atoms with Crippen LogP contribution in [0.2, 0.25) is 0 Å². The van der Waals surface area contributed by atoms with Crippen LogP contribution in [0.1, 0.15) is 33.6 Å². The molecule has 2 saturated heterocycles. The fourth-order valence-corrected chi connectivity index (χ4v) is 2.59. The van der Waals surface area contributed by atoms with Crippen LogP contribution >= 0.6 is 0 Å². The smallest absolute Gasteiger partial charge is 0.410 e. The summed E-state index contributed by atoms with van der Waals surface area (Å²) in [6, 6.07) is 0. The summed E-state index contributed by atoms with van der Waals surface area (Å²) in [5.41, 5.74) is -0.127. The second-order valence-electron chi connectivity index (χ2n) is 6.09. The zero-order chi connectivity index (χ0) is 12.0. The van der Waals surface area contributed by atoms with Crippen molar-refractivity contribution >= 4 is 6.09 Å². The molecule has 1 amide bonds. The molecule has 4 nitrogen and oxygen atoms in total. The Bertz CT molecular complexity index is 290. The van der Waals surface area contributed by atoms with Gasteiger partial charge in [-0.3, -0.25) is 4.90 Å². The molecule has 16 heavy (non-hydrogen) atoms. The van der Waals surface area contributed by atoms with Gasteiger partial charge in [-0.25, -0.2) is 4.79 Å². The topological polar surface area (TPSA) is 32.8 Å². The monoisotopic (exact) mass is 226 g/mol. The van der Waals surface area contributed by atoms with Crippen molar-refractivity contribution in [2.45, 2.75) is 44.8 Å². The van der Waals surface area contributed by atoms with E-state index in [4.69, 9.17) is 4.74 Å². The lowest BCUT2D eigenvalue weighted by Crippen LogP contribution is -2.68. The van der Waals surface area contributed by atoms with Crippen LogP contribution in [0.5, 0.6) is 0 Å². The van der Waals surface area contributed by atoms with E-state index in [2.05, 4.69) is 11.9 Å². The summed E-state index contributed by atoms with van der Waals surface area (Å²) >= 11 is 0. The fraction of sp³-hybridized carbons (Fsp3) is 0.917. The Labute approximate surface area is 97.5 Å². The maximum atomic E-state index is 11.8. The minimum atomic E-state index is -0.387. The molecule has 0 saturated carbocycles. The van der Waals surface area contributed by atoms with Crippen LogP contribution in [0.4, 0.5) is 4.79 Å². The number of amides is 1. The van der Waals surface area contributed by atoms with E-state index in [9.17, 15) is 4.79 Å². The quantitative estimate of drug-likeness (QED) is 0.630. The number of hydrogen-bond acceptors (Lipinski definition) is 3. The van der Waals surface area contributed by atoms with Gasteiger partial charge in [-0.05, 0) is 47.2 Å². The van der Waals surface area contributed by atoms with Gasteiger partial charge in [0.05, 0.1) is 5.54 Å². The van der Waals surface area contributed by atoms with Gasteiger partial charge in [0.2, 0.25) is 0 Å². The van der Waals surface area contributed by atoms with Crippen LogP contribution in [-0.4, -0.2) is 53.7 Å². The standard InChI is InChI=1S/C12H22N2O2/c1-11(2,3)16-10(15)14-8-12(9-14)6-5-7-13(12)4/h5-9H2,1-4H3. The molecule has 4 heteroatoms. The van der Waals surface area contributed by atoms with Crippen LogP contribution in [0.3, 0.4) is 0 Å². The summed E-state index contributed by atoms with van der Waals surface area (Å²) in [6.45, 7) is 8.53. The van der Waals surface area contributed by atoms with Gasteiger partial charge in [-0.1, -0.05) is 0 Å². The average Bonchev–Trinajstić information content (AvgIpc) is 2.40. The first-order valence-electron chi connectivity index (χ1n) is 6.02. The Hall–Kier alpha value is -0.770. The number of likely N-dealkylation sites (tertiary alicyclic amines) is 2. The van der Waals surface area contributed by atoms with Gasteiger partial charge in [0.15, 0.2) is 0 Å². The molecule has 2 aliphatic heterocycles. The number of carbonyl (C=O) groups is 1. The first-order valence-corrected chi connectivity index (χ1v) is 6.02. The summed E-state index contributed by atoms with van der Waals surface area (Å²) in [5, 5.41) is 0. The maximum absolute atomic E-state index is 11.8. The van der Waals surface area contributed by atoms with E-state index in [1.165, 1.54) is 12.8 Å². The molecule has 2 rings (SSSR count). The third-order valence-electron chi connectivity index (χ3n) is 3.57. The minimum Gasteiger partial charge on any atom is -0.444 e. The van der Waals surface area contributed by atoms with E-state index in [0.717, 1.165) is 19.6 Å². The van der Waals surface area contributed by atoms with E-state index in [1.807, 2.05) is 25.7 Å². The van der Waals surface area contributed by atoms with Crippen molar-refractivity contribution in [1.82, 2.24) is 9.80 Å². The molecule has 2 heterocycles. The van der Waals surface area contributed by atoms with Crippen LogP contribution < -0.4 is 0 Å². The molecule has 0 bridgehead atoms. The van der Waals surface area contributed by atoms with E-state index in [0.29, 0.717) is 0 Å². The van der Waals surface area contributed by atoms with Gasteiger partial charge in [0.25, 0.3) is 0 Å². The van der Waals surface area contributed by atoms with Crippen molar-refractivity contribution in [3.8, 4) is 0 Å². The molecule has 2 aliphatic rings. The van der Waals surface area contributed by atoms with Gasteiger partial charge in [0.1, 0.15) is 5.60 Å². The molecule has 0 atom stereocenters. The third-order valence-corrected chi connectivity index (χ3v) is 3.57. The predicted octanol–water partition coefficient (Wildman–Crippen LogP) is 1.70. The Morgan fingerprint density at radius 2 is 1.94 bits per heavy atom. The number of likely N-dealkylation sites (N-methyl/N-ethyl adjacent to an activating group) is 1. The molecule has 0 unspecified atom stereocenters. The normalized spacial score (nSPS) is 24.6. The number of carbonyl (C=O) groups excluding carboxylic acids is 1. The summed E-state index contributed by atoms with van der Waals surface area (Å²) < 4.78 is 5.35. The Morgan fingerprint density at radius 3 is 2.38 bits per heavy atom. The van der Waals surface area contributed by atoms with Gasteiger partial charge < -0.3 is 9.64 Å². The lowest BCUT2D eigenvalue weighted by Gasteiger charge is -2.51. The highest BCUT2D eigenvalue weighted by Gasteiger charge is 2.51. The van der Waals surface area contributed by atoms with Gasteiger partial charge in [-0.2, -0.15) is 0 Å². The zero-order valence-electron chi connectivity index (χ0n) is 10.7. The highest BCUT2D eigenvalue weighted by atomic mass is 16.6. The van der Waals surface area contributed by atoms with Gasteiger partial charge >= 0.3 is 6.09 Å². The average molecular weight is 226 g/mol. The molecule has 0 radical (unpaired) electrons. The lowest BCUT2D eigenvalue weighted by atomic mass is 9.88. The molecule has 0 aromatic rings. The highest BCUT2D eigenvalue weighted by Crippen LogP contribution is 2.36. The number of rotatable bonds is 0. The van der Waals surface area contributed by atoms with Crippen molar-refractivity contribution < 1.29 is 9.53 Å².